The third-order valence-corrected chi connectivity index (χ3v) is 3.63. The van der Waals surface area contributed by atoms with Crippen molar-refractivity contribution in [2.75, 3.05) is 13.1 Å². The van der Waals surface area contributed by atoms with Crippen LogP contribution in [0.25, 0.3) is 0 Å². The van der Waals surface area contributed by atoms with Crippen LogP contribution in [0.4, 0.5) is 4.79 Å². The minimum absolute atomic E-state index is 0.135. The Balaban J connectivity index is 2.07. The summed E-state index contributed by atoms with van der Waals surface area (Å²) in [6.45, 7) is 2.13. The maximum Gasteiger partial charge on any atom is 0.315 e. The average Bonchev–Trinajstić information content (AvgIpc) is 2.96. The van der Waals surface area contributed by atoms with Crippen molar-refractivity contribution in [3.63, 3.8) is 0 Å². The van der Waals surface area contributed by atoms with E-state index >= 15 is 0 Å². The number of carbonyl (C=O) groups excluding carboxylic acids is 2. The number of nitrogens with one attached hydrogen (secondary N) is 3. The van der Waals surface area contributed by atoms with Crippen molar-refractivity contribution in [3.8, 4) is 0 Å². The Bertz CT molecular complexity index is 699. The summed E-state index contributed by atoms with van der Waals surface area (Å²) in [5.74, 6) is 0.568. The number of aromatic nitrogens is 2. The second kappa shape index (κ2) is 8.35. The Morgan fingerprint density at radius 3 is 2.46 bits per heavy atom. The maximum atomic E-state index is 12.1. The van der Waals surface area contributed by atoms with Gasteiger partial charge in [0.15, 0.2) is 0 Å². The third kappa shape index (κ3) is 4.99. The van der Waals surface area contributed by atoms with Crippen LogP contribution in [0.2, 0.25) is 5.02 Å². The molecule has 0 aliphatic heterocycles. The summed E-state index contributed by atoms with van der Waals surface area (Å²) >= 11 is 5.93. The summed E-state index contributed by atoms with van der Waals surface area (Å²) in [4.78, 5) is 27.3. The molecule has 0 bridgehead atoms. The van der Waals surface area contributed by atoms with Crippen LogP contribution in [-0.2, 0) is 11.8 Å². The van der Waals surface area contributed by atoms with E-state index in [0.717, 1.165) is 5.56 Å². The molecule has 0 aliphatic carbocycles. The van der Waals surface area contributed by atoms with Gasteiger partial charge in [-0.25, -0.2) is 9.78 Å². The van der Waals surface area contributed by atoms with Gasteiger partial charge in [0.05, 0.1) is 0 Å². The molecular weight excluding hydrogens is 330 g/mol. The number of hydrogen-bond donors (Lipinski definition) is 3. The average molecular weight is 350 g/mol. The van der Waals surface area contributed by atoms with Crippen LogP contribution in [0.15, 0.2) is 36.7 Å². The fourth-order valence-electron chi connectivity index (χ4n) is 2.20. The van der Waals surface area contributed by atoms with Crippen molar-refractivity contribution in [2.45, 2.75) is 13.0 Å². The quantitative estimate of drug-likeness (QED) is 0.692. The van der Waals surface area contributed by atoms with Gasteiger partial charge in [-0.05, 0) is 17.7 Å². The van der Waals surface area contributed by atoms with Crippen molar-refractivity contribution in [3.05, 3.63) is 53.1 Å². The van der Waals surface area contributed by atoms with Gasteiger partial charge >= 0.3 is 6.03 Å². The second-order valence-corrected chi connectivity index (χ2v) is 5.70. The van der Waals surface area contributed by atoms with E-state index in [0.29, 0.717) is 23.9 Å². The van der Waals surface area contributed by atoms with E-state index in [2.05, 4.69) is 20.9 Å². The van der Waals surface area contributed by atoms with Crippen LogP contribution in [0.3, 0.4) is 0 Å². The molecule has 3 amide bonds. The van der Waals surface area contributed by atoms with Gasteiger partial charge in [-0.15, -0.1) is 0 Å². The van der Waals surface area contributed by atoms with E-state index in [1.807, 2.05) is 29.9 Å². The lowest BCUT2D eigenvalue weighted by molar-refractivity contribution is -0.118. The van der Waals surface area contributed by atoms with Crippen molar-refractivity contribution < 1.29 is 9.59 Å². The molecule has 128 valence electrons. The van der Waals surface area contributed by atoms with Crippen molar-refractivity contribution in [1.82, 2.24) is 25.5 Å². The Kier molecular flexibility index (Phi) is 6.20. The number of rotatable bonds is 6. The van der Waals surface area contributed by atoms with Crippen molar-refractivity contribution >= 4 is 23.5 Å². The molecule has 8 heteroatoms. The van der Waals surface area contributed by atoms with Crippen LogP contribution in [0, 0.1) is 0 Å². The highest BCUT2D eigenvalue weighted by Gasteiger charge is 2.20. The number of hydrogen-bond acceptors (Lipinski definition) is 3. The lowest BCUT2D eigenvalue weighted by atomic mass is 10.1. The summed E-state index contributed by atoms with van der Waals surface area (Å²) in [6.07, 6.45) is 3.49. The molecule has 7 nitrogen and oxygen atoms in total. The third-order valence-electron chi connectivity index (χ3n) is 3.38. The predicted molar refractivity (Wildman–Crippen MR) is 91.7 cm³/mol. The van der Waals surface area contributed by atoms with Crippen LogP contribution < -0.4 is 16.0 Å². The van der Waals surface area contributed by atoms with Gasteiger partial charge in [0.2, 0.25) is 5.91 Å². The molecule has 1 aromatic carbocycles. The smallest absolute Gasteiger partial charge is 0.315 e. The number of nitrogens with zero attached hydrogens (tertiary/aromatic N) is 2. The van der Waals surface area contributed by atoms with Gasteiger partial charge in [-0.2, -0.15) is 0 Å². The molecule has 1 heterocycles. The van der Waals surface area contributed by atoms with Gasteiger partial charge in [0, 0.05) is 44.5 Å². The van der Waals surface area contributed by atoms with E-state index in [1.54, 1.807) is 18.3 Å². The lowest BCUT2D eigenvalue weighted by Crippen LogP contribution is -2.42. The first kappa shape index (κ1) is 17.8. The van der Waals surface area contributed by atoms with Gasteiger partial charge in [0.25, 0.3) is 0 Å². The topological polar surface area (TPSA) is 88.1 Å². The molecule has 0 spiro atoms. The fourth-order valence-corrected chi connectivity index (χ4v) is 2.33. The highest BCUT2D eigenvalue weighted by molar-refractivity contribution is 6.30. The van der Waals surface area contributed by atoms with E-state index < -0.39 is 6.04 Å². The van der Waals surface area contributed by atoms with Crippen LogP contribution >= 0.6 is 11.6 Å². The number of benzene rings is 1. The van der Waals surface area contributed by atoms with Crippen molar-refractivity contribution in [1.29, 1.82) is 0 Å². The predicted octanol–water partition coefficient (Wildman–Crippen LogP) is 1.60. The zero-order valence-corrected chi connectivity index (χ0v) is 14.3. The molecule has 0 radical (unpaired) electrons. The highest BCUT2D eigenvalue weighted by atomic mass is 35.5. The zero-order valence-electron chi connectivity index (χ0n) is 13.5. The molecule has 3 N–H and O–H groups in total. The molecule has 2 rings (SSSR count). The van der Waals surface area contributed by atoms with E-state index in [9.17, 15) is 9.59 Å². The fraction of sp³-hybridized carbons (Fsp3) is 0.312. The normalized spacial score (nSPS) is 11.6. The van der Waals surface area contributed by atoms with E-state index in [-0.39, 0.29) is 11.9 Å². The number of halogens is 1. The summed E-state index contributed by atoms with van der Waals surface area (Å²) < 4.78 is 1.84. The van der Waals surface area contributed by atoms with Gasteiger partial charge in [0.1, 0.15) is 11.9 Å². The number of urea groups is 1. The van der Waals surface area contributed by atoms with Gasteiger partial charge in [-0.3, -0.25) is 4.79 Å². The second-order valence-electron chi connectivity index (χ2n) is 5.26. The number of amides is 3. The molecule has 1 atom stereocenters. The molecular formula is C16H20ClN5O2. The van der Waals surface area contributed by atoms with Crippen LogP contribution in [-0.4, -0.2) is 34.6 Å². The van der Waals surface area contributed by atoms with Gasteiger partial charge < -0.3 is 20.5 Å². The first-order chi connectivity index (χ1) is 11.5. The van der Waals surface area contributed by atoms with Gasteiger partial charge in [-0.1, -0.05) is 23.7 Å². The van der Waals surface area contributed by atoms with E-state index in [4.69, 9.17) is 11.6 Å². The minimum Gasteiger partial charge on any atom is -0.355 e. The summed E-state index contributed by atoms with van der Waals surface area (Å²) in [6, 6.07) is 6.47. The first-order valence-electron chi connectivity index (χ1n) is 7.49. The highest BCUT2D eigenvalue weighted by Crippen LogP contribution is 2.22. The number of carbonyl (C=O) groups is 2. The molecule has 2 aromatic rings. The van der Waals surface area contributed by atoms with E-state index in [1.165, 1.54) is 6.92 Å². The Hall–Kier alpha value is -2.54. The monoisotopic (exact) mass is 349 g/mol. The summed E-state index contributed by atoms with van der Waals surface area (Å²) in [7, 11) is 1.86. The Morgan fingerprint density at radius 1 is 1.21 bits per heavy atom. The van der Waals surface area contributed by atoms with Crippen molar-refractivity contribution in [2.24, 2.45) is 7.05 Å². The molecule has 0 saturated heterocycles. The molecule has 24 heavy (non-hydrogen) atoms. The van der Waals surface area contributed by atoms with Crippen LogP contribution in [0.1, 0.15) is 24.4 Å². The molecule has 1 aromatic heterocycles. The van der Waals surface area contributed by atoms with Crippen LogP contribution in [0.5, 0.6) is 0 Å². The minimum atomic E-state index is -0.414. The number of imidazole rings is 1. The Labute approximate surface area is 145 Å². The first-order valence-corrected chi connectivity index (χ1v) is 7.86. The summed E-state index contributed by atoms with van der Waals surface area (Å²) in [5, 5.41) is 8.84. The SMILES string of the molecule is CC(=O)NCCNC(=O)N[C@H](c1ccc(Cl)cc1)c1nccn1C. The molecule has 0 saturated carbocycles. The Morgan fingerprint density at radius 2 is 1.88 bits per heavy atom. The largest absolute Gasteiger partial charge is 0.355 e. The number of aryl methyl sites for hydroxylation is 1. The lowest BCUT2D eigenvalue weighted by Gasteiger charge is -2.19. The molecule has 0 unspecified atom stereocenters. The molecule has 0 fully saturated rings. The standard InChI is InChI=1S/C16H20ClN5O2/c1-11(23)18-7-8-20-16(24)21-14(15-19-9-10-22(15)2)12-3-5-13(17)6-4-12/h3-6,9-10,14H,7-8H2,1-2H3,(H,18,23)(H2,20,21,24)/t14-/m1/s1. The summed E-state index contributed by atoms with van der Waals surface area (Å²) in [5.41, 5.74) is 0.866. The zero-order chi connectivity index (χ0) is 17.5. The molecule has 0 aliphatic rings. The maximum absolute atomic E-state index is 12.1.